The molecule has 5 nitrogen and oxygen atoms in total. The molecule has 2 aromatic rings. The van der Waals surface area contributed by atoms with Gasteiger partial charge in [-0.3, -0.25) is 0 Å². The van der Waals surface area contributed by atoms with E-state index < -0.39 is 15.8 Å². The minimum Gasteiger partial charge on any atom is -0.399 e. The smallest absolute Gasteiger partial charge is 0.241 e. The molecule has 0 unspecified atom stereocenters. The van der Waals surface area contributed by atoms with Crippen LogP contribution in [-0.2, 0) is 16.4 Å². The van der Waals surface area contributed by atoms with Crippen LogP contribution in [0.2, 0.25) is 0 Å². The van der Waals surface area contributed by atoms with Crippen LogP contribution in [0.1, 0.15) is 10.6 Å². The lowest BCUT2D eigenvalue weighted by molar-refractivity contribution is 0.575. The largest absolute Gasteiger partial charge is 0.399 e. The average Bonchev–Trinajstić information content (AvgIpc) is 2.86. The van der Waals surface area contributed by atoms with Gasteiger partial charge in [-0.25, -0.2) is 22.5 Å². The van der Waals surface area contributed by atoms with Crippen molar-refractivity contribution in [3.8, 4) is 0 Å². The SMILES string of the molecule is Cc1c(F)cc(N)cc1S(=O)(=O)NCCc1nccs1. The van der Waals surface area contributed by atoms with Crippen LogP contribution in [0.25, 0.3) is 0 Å². The summed E-state index contributed by atoms with van der Waals surface area (Å²) in [6.07, 6.45) is 2.15. The summed E-state index contributed by atoms with van der Waals surface area (Å²) < 4.78 is 40.2. The standard InChI is InChI=1S/C12H14FN3O2S2/c1-8-10(13)6-9(14)7-11(8)20(17,18)16-3-2-12-15-4-5-19-12/h4-7,16H,2-3,14H2,1H3. The summed E-state index contributed by atoms with van der Waals surface area (Å²) in [6.45, 7) is 1.61. The molecule has 0 aliphatic heterocycles. The van der Waals surface area contributed by atoms with E-state index >= 15 is 0 Å². The molecular weight excluding hydrogens is 301 g/mol. The molecule has 0 aliphatic rings. The third kappa shape index (κ3) is 3.33. The van der Waals surface area contributed by atoms with Gasteiger partial charge in [0, 0.05) is 35.8 Å². The minimum atomic E-state index is -3.78. The molecule has 2 rings (SSSR count). The Bertz CT molecular complexity index is 700. The number of anilines is 1. The summed E-state index contributed by atoms with van der Waals surface area (Å²) in [6, 6.07) is 2.36. The highest BCUT2D eigenvalue weighted by molar-refractivity contribution is 7.89. The van der Waals surface area contributed by atoms with Crippen LogP contribution in [0.5, 0.6) is 0 Å². The third-order valence-corrected chi connectivity index (χ3v) is 5.15. The van der Waals surface area contributed by atoms with E-state index in [1.807, 2.05) is 5.38 Å². The van der Waals surface area contributed by atoms with E-state index in [-0.39, 0.29) is 22.7 Å². The summed E-state index contributed by atoms with van der Waals surface area (Å²) in [5.74, 6) is -0.634. The van der Waals surface area contributed by atoms with E-state index in [2.05, 4.69) is 9.71 Å². The van der Waals surface area contributed by atoms with Crippen molar-refractivity contribution >= 4 is 27.0 Å². The van der Waals surface area contributed by atoms with Crippen molar-refractivity contribution in [3.05, 3.63) is 40.1 Å². The first-order chi connectivity index (χ1) is 9.40. The van der Waals surface area contributed by atoms with Crippen LogP contribution in [-0.4, -0.2) is 19.9 Å². The van der Waals surface area contributed by atoms with Gasteiger partial charge in [0.25, 0.3) is 0 Å². The number of nitrogens with one attached hydrogen (secondary N) is 1. The fourth-order valence-corrected chi connectivity index (χ4v) is 3.64. The molecule has 1 heterocycles. The van der Waals surface area contributed by atoms with Crippen LogP contribution in [0, 0.1) is 12.7 Å². The van der Waals surface area contributed by atoms with Crippen molar-refractivity contribution in [1.29, 1.82) is 0 Å². The van der Waals surface area contributed by atoms with Gasteiger partial charge in [0.15, 0.2) is 0 Å². The molecule has 20 heavy (non-hydrogen) atoms. The van der Waals surface area contributed by atoms with Crippen molar-refractivity contribution in [2.24, 2.45) is 0 Å². The second-order valence-electron chi connectivity index (χ2n) is 4.20. The van der Waals surface area contributed by atoms with Crippen molar-refractivity contribution in [3.63, 3.8) is 0 Å². The monoisotopic (exact) mass is 315 g/mol. The average molecular weight is 315 g/mol. The predicted molar refractivity (Wildman–Crippen MR) is 76.6 cm³/mol. The molecule has 8 heteroatoms. The number of sulfonamides is 1. The maximum Gasteiger partial charge on any atom is 0.241 e. The molecule has 3 N–H and O–H groups in total. The maximum atomic E-state index is 13.5. The summed E-state index contributed by atoms with van der Waals surface area (Å²) in [5, 5.41) is 2.66. The second kappa shape index (κ2) is 5.86. The van der Waals surface area contributed by atoms with Gasteiger partial charge in [-0.05, 0) is 19.1 Å². The molecule has 0 aliphatic carbocycles. The quantitative estimate of drug-likeness (QED) is 0.822. The Labute approximate surface area is 120 Å². The van der Waals surface area contributed by atoms with E-state index in [9.17, 15) is 12.8 Å². The summed E-state index contributed by atoms with van der Waals surface area (Å²) in [5.41, 5.74) is 5.62. The Balaban J connectivity index is 2.14. The Hall–Kier alpha value is -1.51. The second-order valence-corrected chi connectivity index (χ2v) is 6.91. The molecule has 0 amide bonds. The first-order valence-corrected chi connectivity index (χ1v) is 8.20. The van der Waals surface area contributed by atoms with Crippen LogP contribution >= 0.6 is 11.3 Å². The highest BCUT2D eigenvalue weighted by Crippen LogP contribution is 2.21. The van der Waals surface area contributed by atoms with Gasteiger partial charge in [0.2, 0.25) is 10.0 Å². The molecule has 1 aromatic carbocycles. The van der Waals surface area contributed by atoms with E-state index in [4.69, 9.17) is 5.73 Å². The van der Waals surface area contributed by atoms with E-state index in [0.29, 0.717) is 6.42 Å². The molecule has 0 radical (unpaired) electrons. The number of rotatable bonds is 5. The first-order valence-electron chi connectivity index (χ1n) is 5.84. The van der Waals surface area contributed by atoms with Gasteiger partial charge < -0.3 is 5.73 Å². The van der Waals surface area contributed by atoms with Crippen molar-refractivity contribution < 1.29 is 12.8 Å². The topological polar surface area (TPSA) is 85.1 Å². The van der Waals surface area contributed by atoms with Gasteiger partial charge in [0.1, 0.15) is 5.82 Å². The van der Waals surface area contributed by atoms with Crippen LogP contribution in [0.3, 0.4) is 0 Å². The van der Waals surface area contributed by atoms with Crippen molar-refractivity contribution in [1.82, 2.24) is 9.71 Å². The van der Waals surface area contributed by atoms with Gasteiger partial charge in [0.05, 0.1) is 9.90 Å². The molecule has 0 bridgehead atoms. The fourth-order valence-electron chi connectivity index (χ4n) is 1.70. The zero-order valence-corrected chi connectivity index (χ0v) is 12.4. The zero-order valence-electron chi connectivity index (χ0n) is 10.8. The molecule has 0 saturated carbocycles. The molecule has 0 fully saturated rings. The van der Waals surface area contributed by atoms with Crippen LogP contribution < -0.4 is 10.5 Å². The van der Waals surface area contributed by atoms with Crippen LogP contribution in [0.4, 0.5) is 10.1 Å². The molecule has 0 saturated heterocycles. The van der Waals surface area contributed by atoms with E-state index in [1.54, 1.807) is 6.20 Å². The third-order valence-electron chi connectivity index (χ3n) is 2.72. The molecule has 0 spiro atoms. The van der Waals surface area contributed by atoms with Gasteiger partial charge in [-0.15, -0.1) is 11.3 Å². The number of thiazole rings is 1. The number of halogens is 1. The highest BCUT2D eigenvalue weighted by atomic mass is 32.2. The summed E-state index contributed by atoms with van der Waals surface area (Å²) in [7, 11) is -3.78. The summed E-state index contributed by atoms with van der Waals surface area (Å²) >= 11 is 1.45. The molecular formula is C12H14FN3O2S2. The number of benzene rings is 1. The van der Waals surface area contributed by atoms with Gasteiger partial charge in [-0.1, -0.05) is 0 Å². The normalized spacial score (nSPS) is 11.7. The molecule has 1 aromatic heterocycles. The Morgan fingerprint density at radius 3 is 2.85 bits per heavy atom. The highest BCUT2D eigenvalue weighted by Gasteiger charge is 2.19. The Morgan fingerprint density at radius 1 is 1.45 bits per heavy atom. The number of hydrogen-bond donors (Lipinski definition) is 2. The van der Waals surface area contributed by atoms with E-state index in [0.717, 1.165) is 11.1 Å². The number of hydrogen-bond acceptors (Lipinski definition) is 5. The minimum absolute atomic E-state index is 0.0564. The zero-order chi connectivity index (χ0) is 14.8. The van der Waals surface area contributed by atoms with E-state index in [1.165, 1.54) is 24.3 Å². The number of nitrogens with two attached hydrogens (primary N) is 1. The lowest BCUT2D eigenvalue weighted by Crippen LogP contribution is -2.27. The summed E-state index contributed by atoms with van der Waals surface area (Å²) in [4.78, 5) is 3.93. The Morgan fingerprint density at radius 2 is 2.20 bits per heavy atom. The first kappa shape index (κ1) is 14.9. The number of aromatic nitrogens is 1. The lowest BCUT2D eigenvalue weighted by Gasteiger charge is -2.10. The number of nitrogen functional groups attached to an aromatic ring is 1. The van der Waals surface area contributed by atoms with Crippen molar-refractivity contribution in [2.45, 2.75) is 18.2 Å². The molecule has 108 valence electrons. The fraction of sp³-hybridized carbons (Fsp3) is 0.250. The predicted octanol–water partition coefficient (Wildman–Crippen LogP) is 1.69. The van der Waals surface area contributed by atoms with Gasteiger partial charge in [-0.2, -0.15) is 0 Å². The van der Waals surface area contributed by atoms with Gasteiger partial charge >= 0.3 is 0 Å². The lowest BCUT2D eigenvalue weighted by atomic mass is 10.2. The molecule has 0 atom stereocenters. The van der Waals surface area contributed by atoms with Crippen molar-refractivity contribution in [2.75, 3.05) is 12.3 Å². The Kier molecular flexibility index (Phi) is 4.36. The van der Waals surface area contributed by atoms with Crippen LogP contribution in [0.15, 0.2) is 28.6 Å². The number of nitrogens with zero attached hydrogens (tertiary/aromatic N) is 1. The maximum absolute atomic E-state index is 13.5.